The molecule has 0 saturated heterocycles. The maximum absolute atomic E-state index is 11.7. The number of aromatic nitrogens is 4. The second-order valence-electron chi connectivity index (χ2n) is 3.15. The van der Waals surface area contributed by atoms with Crippen LogP contribution in [0.2, 0.25) is 0 Å². The summed E-state index contributed by atoms with van der Waals surface area (Å²) >= 11 is 0. The Balaban J connectivity index is 2.15. The highest BCUT2D eigenvalue weighted by Gasteiger charge is 2.07. The van der Waals surface area contributed by atoms with Gasteiger partial charge in [-0.1, -0.05) is 0 Å². The van der Waals surface area contributed by atoms with E-state index in [1.54, 1.807) is 17.0 Å². The van der Waals surface area contributed by atoms with Gasteiger partial charge in [0.25, 0.3) is 0 Å². The first-order valence-electron chi connectivity index (χ1n) is 4.53. The standard InChI is InChI=1S/C10H10N4O/c1-8-13-2-3-14(8)6-10(15)9-4-11-7-12-5-9/h2-5,7H,6H2,1H3. The van der Waals surface area contributed by atoms with E-state index in [1.165, 1.54) is 18.7 Å². The quantitative estimate of drug-likeness (QED) is 0.693. The zero-order valence-electron chi connectivity index (χ0n) is 8.29. The van der Waals surface area contributed by atoms with Gasteiger partial charge in [0.15, 0.2) is 5.78 Å². The lowest BCUT2D eigenvalue weighted by atomic mass is 10.2. The van der Waals surface area contributed by atoms with Gasteiger partial charge in [-0.25, -0.2) is 15.0 Å². The molecule has 2 heterocycles. The number of carbonyl (C=O) groups excluding carboxylic acids is 1. The lowest BCUT2D eigenvalue weighted by Crippen LogP contribution is -2.11. The third kappa shape index (κ3) is 2.07. The van der Waals surface area contributed by atoms with Gasteiger partial charge < -0.3 is 4.57 Å². The van der Waals surface area contributed by atoms with Gasteiger partial charge in [-0.2, -0.15) is 0 Å². The van der Waals surface area contributed by atoms with Crippen molar-refractivity contribution in [2.75, 3.05) is 0 Å². The molecule has 5 heteroatoms. The highest BCUT2D eigenvalue weighted by Crippen LogP contribution is 2.01. The summed E-state index contributed by atoms with van der Waals surface area (Å²) in [6.07, 6.45) is 7.88. The molecule has 0 aliphatic carbocycles. The molecule has 0 aliphatic heterocycles. The van der Waals surface area contributed by atoms with E-state index in [4.69, 9.17) is 0 Å². The second kappa shape index (κ2) is 4.00. The Labute approximate surface area is 86.8 Å². The highest BCUT2D eigenvalue weighted by atomic mass is 16.1. The van der Waals surface area contributed by atoms with Gasteiger partial charge in [0.2, 0.25) is 0 Å². The molecule has 0 atom stereocenters. The number of nitrogens with zero attached hydrogens (tertiary/aromatic N) is 4. The van der Waals surface area contributed by atoms with Gasteiger partial charge in [-0.15, -0.1) is 0 Å². The van der Waals surface area contributed by atoms with Crippen LogP contribution >= 0.6 is 0 Å². The molecule has 0 unspecified atom stereocenters. The number of aryl methyl sites for hydroxylation is 1. The first-order valence-corrected chi connectivity index (χ1v) is 4.53. The summed E-state index contributed by atoms with van der Waals surface area (Å²) in [5.74, 6) is 0.803. The summed E-state index contributed by atoms with van der Waals surface area (Å²) in [7, 11) is 0. The fourth-order valence-corrected chi connectivity index (χ4v) is 1.26. The van der Waals surface area contributed by atoms with Crippen LogP contribution in [0.3, 0.4) is 0 Å². The van der Waals surface area contributed by atoms with Crippen LogP contribution in [0.4, 0.5) is 0 Å². The molecular formula is C10H10N4O. The van der Waals surface area contributed by atoms with E-state index in [-0.39, 0.29) is 12.3 Å². The minimum Gasteiger partial charge on any atom is -0.327 e. The van der Waals surface area contributed by atoms with Crippen LogP contribution in [0, 0.1) is 6.92 Å². The Hall–Kier alpha value is -2.04. The minimum absolute atomic E-state index is 0.0169. The summed E-state index contributed by atoms with van der Waals surface area (Å²) in [5.41, 5.74) is 0.519. The van der Waals surface area contributed by atoms with E-state index in [2.05, 4.69) is 15.0 Å². The SMILES string of the molecule is Cc1nccn1CC(=O)c1cncnc1. The Bertz CT molecular complexity index is 463. The predicted molar refractivity (Wildman–Crippen MR) is 53.3 cm³/mol. The van der Waals surface area contributed by atoms with E-state index < -0.39 is 0 Å². The second-order valence-corrected chi connectivity index (χ2v) is 3.15. The van der Waals surface area contributed by atoms with Crippen LogP contribution in [0.1, 0.15) is 16.2 Å². The van der Waals surface area contributed by atoms with Crippen molar-refractivity contribution in [1.82, 2.24) is 19.5 Å². The Kier molecular flexibility index (Phi) is 2.53. The Morgan fingerprint density at radius 1 is 1.40 bits per heavy atom. The van der Waals surface area contributed by atoms with Gasteiger partial charge >= 0.3 is 0 Å². The molecule has 5 nitrogen and oxygen atoms in total. The fraction of sp³-hybridized carbons (Fsp3) is 0.200. The number of hydrogen-bond acceptors (Lipinski definition) is 4. The molecule has 2 aromatic rings. The molecule has 0 spiro atoms. The van der Waals surface area contributed by atoms with Crippen molar-refractivity contribution in [1.29, 1.82) is 0 Å². The van der Waals surface area contributed by atoms with Crippen molar-refractivity contribution >= 4 is 5.78 Å². The van der Waals surface area contributed by atoms with Crippen LogP contribution in [-0.2, 0) is 6.54 Å². The Morgan fingerprint density at radius 2 is 2.13 bits per heavy atom. The van der Waals surface area contributed by atoms with Crippen LogP contribution < -0.4 is 0 Å². The summed E-state index contributed by atoms with van der Waals surface area (Å²) in [6, 6.07) is 0. The number of hydrogen-bond donors (Lipinski definition) is 0. The minimum atomic E-state index is -0.0169. The normalized spacial score (nSPS) is 10.2. The molecule has 0 amide bonds. The molecule has 0 fully saturated rings. The van der Waals surface area contributed by atoms with Crippen molar-refractivity contribution in [3.05, 3.63) is 42.5 Å². The lowest BCUT2D eigenvalue weighted by molar-refractivity contribution is 0.0970. The van der Waals surface area contributed by atoms with Crippen LogP contribution in [-0.4, -0.2) is 25.3 Å². The summed E-state index contributed by atoms with van der Waals surface area (Å²) in [5, 5.41) is 0. The van der Waals surface area contributed by atoms with E-state index in [0.717, 1.165) is 5.82 Å². The molecule has 0 aromatic carbocycles. The molecule has 0 aliphatic rings. The zero-order chi connectivity index (χ0) is 10.7. The zero-order valence-corrected chi connectivity index (χ0v) is 8.29. The van der Waals surface area contributed by atoms with Crippen molar-refractivity contribution in [3.8, 4) is 0 Å². The summed E-state index contributed by atoms with van der Waals surface area (Å²) in [6.45, 7) is 2.13. The number of Topliss-reactive ketones (excluding diaryl/α,β-unsaturated/α-hetero) is 1. The summed E-state index contributed by atoms with van der Waals surface area (Å²) < 4.78 is 1.79. The maximum Gasteiger partial charge on any atom is 0.185 e. The average Bonchev–Trinajstić information content (AvgIpc) is 2.66. The molecule has 0 saturated carbocycles. The molecular weight excluding hydrogens is 192 g/mol. The first-order chi connectivity index (χ1) is 7.27. The topological polar surface area (TPSA) is 60.7 Å². The van der Waals surface area contributed by atoms with Crippen molar-refractivity contribution < 1.29 is 4.79 Å². The van der Waals surface area contributed by atoms with Crippen LogP contribution in [0.15, 0.2) is 31.1 Å². The van der Waals surface area contributed by atoms with Crippen molar-refractivity contribution in [3.63, 3.8) is 0 Å². The molecule has 2 rings (SSSR count). The third-order valence-corrected chi connectivity index (χ3v) is 2.12. The highest BCUT2D eigenvalue weighted by molar-refractivity contribution is 5.95. The van der Waals surface area contributed by atoms with Crippen molar-refractivity contribution in [2.45, 2.75) is 13.5 Å². The molecule has 2 aromatic heterocycles. The van der Waals surface area contributed by atoms with Gasteiger partial charge in [-0.3, -0.25) is 4.79 Å². The largest absolute Gasteiger partial charge is 0.327 e. The molecule has 0 bridgehead atoms. The van der Waals surface area contributed by atoms with E-state index in [1.807, 2.05) is 6.92 Å². The monoisotopic (exact) mass is 202 g/mol. The average molecular weight is 202 g/mol. The Morgan fingerprint density at radius 3 is 2.73 bits per heavy atom. The molecule has 0 radical (unpaired) electrons. The van der Waals surface area contributed by atoms with Gasteiger partial charge in [-0.05, 0) is 6.92 Å². The fourth-order valence-electron chi connectivity index (χ4n) is 1.26. The van der Waals surface area contributed by atoms with Crippen LogP contribution in [0.25, 0.3) is 0 Å². The first kappa shape index (κ1) is 9.51. The van der Waals surface area contributed by atoms with Crippen molar-refractivity contribution in [2.24, 2.45) is 0 Å². The number of rotatable bonds is 3. The molecule has 0 N–H and O–H groups in total. The number of carbonyl (C=O) groups is 1. The lowest BCUT2D eigenvalue weighted by Gasteiger charge is -2.03. The van der Waals surface area contributed by atoms with E-state index in [0.29, 0.717) is 5.56 Å². The van der Waals surface area contributed by atoms with Crippen LogP contribution in [0.5, 0.6) is 0 Å². The van der Waals surface area contributed by atoms with Gasteiger partial charge in [0.05, 0.1) is 12.1 Å². The molecule has 76 valence electrons. The van der Waals surface area contributed by atoms with Gasteiger partial charge in [0.1, 0.15) is 12.2 Å². The van der Waals surface area contributed by atoms with E-state index >= 15 is 0 Å². The molecule has 15 heavy (non-hydrogen) atoms. The smallest absolute Gasteiger partial charge is 0.185 e. The third-order valence-electron chi connectivity index (χ3n) is 2.12. The maximum atomic E-state index is 11.7. The number of imidazole rings is 1. The summed E-state index contributed by atoms with van der Waals surface area (Å²) in [4.78, 5) is 23.4. The van der Waals surface area contributed by atoms with E-state index in [9.17, 15) is 4.79 Å². The predicted octanol–water partition coefficient (Wildman–Crippen LogP) is 0.864. The van der Waals surface area contributed by atoms with Gasteiger partial charge in [0, 0.05) is 24.8 Å². The number of ketones is 1.